The summed E-state index contributed by atoms with van der Waals surface area (Å²) in [6.45, 7) is 0.345. The van der Waals surface area contributed by atoms with Crippen molar-refractivity contribution in [2.45, 2.75) is 30.3 Å². The third-order valence-electron chi connectivity index (χ3n) is 3.41. The number of nitrogens with one attached hydrogen (secondary N) is 2. The molecule has 2 amide bonds. The van der Waals surface area contributed by atoms with E-state index in [2.05, 4.69) is 20.8 Å². The van der Waals surface area contributed by atoms with Crippen molar-refractivity contribution in [1.29, 1.82) is 0 Å². The molecule has 0 unspecified atom stereocenters. The van der Waals surface area contributed by atoms with Crippen molar-refractivity contribution in [1.82, 2.24) is 20.1 Å². The van der Waals surface area contributed by atoms with E-state index in [9.17, 15) is 4.79 Å². The van der Waals surface area contributed by atoms with Crippen LogP contribution in [0.2, 0.25) is 5.02 Å². The van der Waals surface area contributed by atoms with Gasteiger partial charge in [-0.05, 0) is 31.2 Å². The monoisotopic (exact) mass is 337 g/mol. The van der Waals surface area contributed by atoms with Crippen molar-refractivity contribution in [2.75, 3.05) is 11.6 Å². The molecule has 0 atom stereocenters. The Balaban J connectivity index is 1.61. The third-order valence-corrected chi connectivity index (χ3v) is 4.69. The number of aromatic nitrogens is 3. The van der Waals surface area contributed by atoms with E-state index in [1.807, 2.05) is 16.9 Å². The molecule has 6 nitrogen and oxygen atoms in total. The van der Waals surface area contributed by atoms with Crippen LogP contribution in [0.3, 0.4) is 0 Å². The average molecular weight is 338 g/mol. The molecule has 1 heterocycles. The SMILES string of the molecule is CSc1c(Cl)cccc1NC(=O)NCc1nncn1C1CC1. The Bertz CT molecular complexity index is 686. The molecule has 0 spiro atoms. The minimum atomic E-state index is -0.289. The second-order valence-electron chi connectivity index (χ2n) is 5.01. The first-order chi connectivity index (χ1) is 10.7. The molecule has 2 aromatic rings. The van der Waals surface area contributed by atoms with E-state index >= 15 is 0 Å². The highest BCUT2D eigenvalue weighted by Crippen LogP contribution is 2.35. The lowest BCUT2D eigenvalue weighted by Gasteiger charge is -2.12. The van der Waals surface area contributed by atoms with Crippen molar-refractivity contribution >= 4 is 35.1 Å². The van der Waals surface area contributed by atoms with Crippen molar-refractivity contribution in [2.24, 2.45) is 0 Å². The molecule has 0 aliphatic heterocycles. The first-order valence-corrected chi connectivity index (χ1v) is 8.55. The summed E-state index contributed by atoms with van der Waals surface area (Å²) in [5.41, 5.74) is 0.696. The first-order valence-electron chi connectivity index (χ1n) is 6.94. The molecule has 1 aromatic heterocycles. The van der Waals surface area contributed by atoms with Crippen molar-refractivity contribution in [3.63, 3.8) is 0 Å². The molecule has 3 rings (SSSR count). The summed E-state index contributed by atoms with van der Waals surface area (Å²) >= 11 is 7.61. The molecule has 0 saturated heterocycles. The molecular formula is C14H16ClN5OS. The topological polar surface area (TPSA) is 71.8 Å². The van der Waals surface area contributed by atoms with Crippen molar-refractivity contribution in [3.8, 4) is 0 Å². The first kappa shape index (κ1) is 15.2. The standard InChI is InChI=1S/C14H16ClN5OS/c1-22-13-10(15)3-2-4-11(13)18-14(21)16-7-12-19-17-8-20(12)9-5-6-9/h2-4,8-9H,5-7H2,1H3,(H2,16,18,21). The second-order valence-corrected chi connectivity index (χ2v) is 6.24. The molecule has 1 aliphatic carbocycles. The molecule has 1 aliphatic rings. The van der Waals surface area contributed by atoms with E-state index in [0.717, 1.165) is 23.6 Å². The van der Waals surface area contributed by atoms with Gasteiger partial charge in [0.25, 0.3) is 0 Å². The van der Waals surface area contributed by atoms with Crippen LogP contribution in [0.4, 0.5) is 10.5 Å². The molecule has 0 radical (unpaired) electrons. The van der Waals surface area contributed by atoms with Crippen LogP contribution in [-0.2, 0) is 6.54 Å². The Morgan fingerprint density at radius 2 is 2.32 bits per heavy atom. The van der Waals surface area contributed by atoms with Gasteiger partial charge in [0.2, 0.25) is 0 Å². The van der Waals surface area contributed by atoms with Gasteiger partial charge in [-0.2, -0.15) is 0 Å². The summed E-state index contributed by atoms with van der Waals surface area (Å²) in [4.78, 5) is 12.9. The van der Waals surface area contributed by atoms with Gasteiger partial charge in [-0.25, -0.2) is 4.79 Å². The zero-order valence-corrected chi connectivity index (χ0v) is 13.6. The summed E-state index contributed by atoms with van der Waals surface area (Å²) in [6.07, 6.45) is 5.94. The minimum absolute atomic E-state index is 0.289. The molecule has 1 fully saturated rings. The molecule has 2 N–H and O–H groups in total. The van der Waals surface area contributed by atoms with Crippen LogP contribution in [-0.4, -0.2) is 27.1 Å². The lowest BCUT2D eigenvalue weighted by atomic mass is 10.3. The van der Waals surface area contributed by atoms with Crippen molar-refractivity contribution in [3.05, 3.63) is 35.4 Å². The number of hydrogen-bond donors (Lipinski definition) is 2. The number of thioether (sulfide) groups is 1. The van der Waals surface area contributed by atoms with E-state index in [1.165, 1.54) is 11.8 Å². The quantitative estimate of drug-likeness (QED) is 0.821. The number of urea groups is 1. The summed E-state index contributed by atoms with van der Waals surface area (Å²) in [7, 11) is 0. The van der Waals surface area contributed by atoms with Crippen LogP contribution in [0, 0.1) is 0 Å². The Morgan fingerprint density at radius 3 is 3.05 bits per heavy atom. The zero-order valence-electron chi connectivity index (χ0n) is 12.0. The Kier molecular flexibility index (Phi) is 4.54. The number of amides is 2. The van der Waals surface area contributed by atoms with E-state index in [4.69, 9.17) is 11.6 Å². The molecular weight excluding hydrogens is 322 g/mol. The highest BCUT2D eigenvalue weighted by atomic mass is 35.5. The summed E-state index contributed by atoms with van der Waals surface area (Å²) < 4.78 is 2.02. The predicted octanol–water partition coefficient (Wildman–Crippen LogP) is 3.31. The van der Waals surface area contributed by atoms with E-state index in [-0.39, 0.29) is 6.03 Å². The number of benzene rings is 1. The van der Waals surface area contributed by atoms with Crippen LogP contribution in [0.5, 0.6) is 0 Å². The predicted molar refractivity (Wildman–Crippen MR) is 87.4 cm³/mol. The largest absolute Gasteiger partial charge is 0.331 e. The second kappa shape index (κ2) is 6.58. The van der Waals surface area contributed by atoms with E-state index in [1.54, 1.807) is 18.5 Å². The van der Waals surface area contributed by atoms with Gasteiger partial charge in [0.15, 0.2) is 5.82 Å². The van der Waals surface area contributed by atoms with E-state index in [0.29, 0.717) is 23.3 Å². The summed E-state index contributed by atoms with van der Waals surface area (Å²) in [5.74, 6) is 0.772. The van der Waals surface area contributed by atoms with Crippen LogP contribution >= 0.6 is 23.4 Å². The fraction of sp³-hybridized carbons (Fsp3) is 0.357. The molecule has 8 heteroatoms. The third kappa shape index (κ3) is 3.36. The van der Waals surface area contributed by atoms with Gasteiger partial charge in [0.05, 0.1) is 17.3 Å². The fourth-order valence-electron chi connectivity index (χ4n) is 2.19. The number of halogens is 1. The van der Waals surface area contributed by atoms with Crippen LogP contribution < -0.4 is 10.6 Å². The number of carbonyl (C=O) groups excluding carboxylic acids is 1. The van der Waals surface area contributed by atoms with Crippen molar-refractivity contribution < 1.29 is 4.79 Å². The summed E-state index contributed by atoms with van der Waals surface area (Å²) in [6, 6.07) is 5.63. The van der Waals surface area contributed by atoms with Crippen LogP contribution in [0.1, 0.15) is 24.7 Å². The zero-order chi connectivity index (χ0) is 15.5. The number of hydrogen-bond acceptors (Lipinski definition) is 4. The van der Waals surface area contributed by atoms with Crippen LogP contribution in [0.25, 0.3) is 0 Å². The minimum Gasteiger partial charge on any atom is -0.331 e. The molecule has 0 bridgehead atoms. The average Bonchev–Trinajstić information content (AvgIpc) is 3.24. The van der Waals surface area contributed by atoms with Gasteiger partial charge < -0.3 is 15.2 Å². The highest BCUT2D eigenvalue weighted by molar-refractivity contribution is 7.98. The Hall–Kier alpha value is -1.73. The summed E-state index contributed by atoms with van der Waals surface area (Å²) in [5, 5.41) is 14.2. The maximum Gasteiger partial charge on any atom is 0.319 e. The van der Waals surface area contributed by atoms with E-state index < -0.39 is 0 Å². The number of anilines is 1. The molecule has 22 heavy (non-hydrogen) atoms. The fourth-order valence-corrected chi connectivity index (χ4v) is 3.20. The lowest BCUT2D eigenvalue weighted by molar-refractivity contribution is 0.251. The van der Waals surface area contributed by atoms with Gasteiger partial charge in [-0.15, -0.1) is 22.0 Å². The van der Waals surface area contributed by atoms with Gasteiger partial charge >= 0.3 is 6.03 Å². The Labute approximate surface area is 137 Å². The molecule has 1 aromatic carbocycles. The van der Waals surface area contributed by atoms with Gasteiger partial charge in [0, 0.05) is 10.9 Å². The Morgan fingerprint density at radius 1 is 1.50 bits per heavy atom. The highest BCUT2D eigenvalue weighted by Gasteiger charge is 2.26. The van der Waals surface area contributed by atoms with Gasteiger partial charge in [-0.3, -0.25) is 0 Å². The number of rotatable bonds is 5. The van der Waals surface area contributed by atoms with Gasteiger partial charge in [0.1, 0.15) is 6.33 Å². The maximum absolute atomic E-state index is 12.1. The number of nitrogens with zero attached hydrogens (tertiary/aromatic N) is 3. The maximum atomic E-state index is 12.1. The smallest absolute Gasteiger partial charge is 0.319 e. The lowest BCUT2D eigenvalue weighted by Crippen LogP contribution is -2.29. The molecule has 116 valence electrons. The molecule has 1 saturated carbocycles. The van der Waals surface area contributed by atoms with Crippen LogP contribution in [0.15, 0.2) is 29.4 Å². The number of carbonyl (C=O) groups is 1. The van der Waals surface area contributed by atoms with Gasteiger partial charge in [-0.1, -0.05) is 17.7 Å². The normalized spacial score (nSPS) is 13.9.